The molecule has 1 amide bonds. The molecule has 142 valence electrons. The number of nitrogens with zero attached hydrogens (tertiary/aromatic N) is 1. The number of sulfonamides is 1. The zero-order valence-electron chi connectivity index (χ0n) is 15.4. The normalized spacial score (nSPS) is 19.5. The van der Waals surface area contributed by atoms with Gasteiger partial charge in [0.1, 0.15) is 6.04 Å². The molecule has 4 rings (SSSR count). The van der Waals surface area contributed by atoms with Crippen LogP contribution in [0.15, 0.2) is 47.4 Å². The summed E-state index contributed by atoms with van der Waals surface area (Å²) in [5.41, 5.74) is 4.56. The average Bonchev–Trinajstić information content (AvgIpc) is 3.24. The fourth-order valence-corrected chi connectivity index (χ4v) is 5.16. The molecule has 5 nitrogen and oxygen atoms in total. The van der Waals surface area contributed by atoms with Crippen molar-refractivity contribution in [3.05, 3.63) is 64.7 Å². The lowest BCUT2D eigenvalue weighted by Gasteiger charge is -2.17. The summed E-state index contributed by atoms with van der Waals surface area (Å²) in [6.07, 6.45) is 3.50. The summed E-state index contributed by atoms with van der Waals surface area (Å²) in [6, 6.07) is 12.7. The molecule has 2 aromatic rings. The van der Waals surface area contributed by atoms with E-state index < -0.39 is 16.1 Å². The first kappa shape index (κ1) is 18.2. The van der Waals surface area contributed by atoms with Crippen molar-refractivity contribution >= 4 is 15.9 Å². The topological polar surface area (TPSA) is 66.5 Å². The van der Waals surface area contributed by atoms with Crippen LogP contribution in [-0.2, 0) is 34.2 Å². The Balaban J connectivity index is 1.45. The van der Waals surface area contributed by atoms with E-state index in [1.165, 1.54) is 11.1 Å². The number of nitrogens with one attached hydrogen (secondary N) is 1. The van der Waals surface area contributed by atoms with Gasteiger partial charge in [0.05, 0.1) is 4.90 Å². The van der Waals surface area contributed by atoms with E-state index in [1.54, 1.807) is 17.0 Å². The summed E-state index contributed by atoms with van der Waals surface area (Å²) >= 11 is 0. The smallest absolute Gasteiger partial charge is 0.241 e. The fraction of sp³-hybridized carbons (Fsp3) is 0.381. The highest BCUT2D eigenvalue weighted by Gasteiger charge is 2.35. The van der Waals surface area contributed by atoms with Crippen molar-refractivity contribution in [1.29, 1.82) is 0 Å². The lowest BCUT2D eigenvalue weighted by molar-refractivity contribution is -0.129. The number of likely N-dealkylation sites (tertiary alicyclic amines) is 1. The molecule has 0 aromatic heterocycles. The van der Waals surface area contributed by atoms with E-state index >= 15 is 0 Å². The number of aryl methyl sites for hydroxylation is 3. The Morgan fingerprint density at radius 3 is 2.59 bits per heavy atom. The van der Waals surface area contributed by atoms with Gasteiger partial charge in [-0.2, -0.15) is 4.72 Å². The predicted molar refractivity (Wildman–Crippen MR) is 104 cm³/mol. The molecule has 2 aromatic carbocycles. The number of carbonyl (C=O) groups is 1. The number of carbonyl (C=O) groups excluding carboxylic acids is 1. The largest absolute Gasteiger partial charge is 0.337 e. The Morgan fingerprint density at radius 1 is 1.07 bits per heavy atom. The highest BCUT2D eigenvalue weighted by atomic mass is 32.2. The first-order valence-corrected chi connectivity index (χ1v) is 10.9. The average molecular weight is 385 g/mol. The molecule has 0 radical (unpaired) electrons. The van der Waals surface area contributed by atoms with Crippen LogP contribution >= 0.6 is 0 Å². The van der Waals surface area contributed by atoms with Gasteiger partial charge in [-0.1, -0.05) is 35.9 Å². The number of benzene rings is 2. The van der Waals surface area contributed by atoms with E-state index in [-0.39, 0.29) is 10.8 Å². The summed E-state index contributed by atoms with van der Waals surface area (Å²) in [5, 5.41) is 0. The molecule has 27 heavy (non-hydrogen) atoms. The Labute approximate surface area is 160 Å². The van der Waals surface area contributed by atoms with Crippen LogP contribution in [0.5, 0.6) is 0 Å². The third-order valence-electron chi connectivity index (χ3n) is 5.47. The van der Waals surface area contributed by atoms with E-state index in [0.717, 1.165) is 30.4 Å². The number of hydrogen-bond donors (Lipinski definition) is 1. The van der Waals surface area contributed by atoms with Crippen molar-refractivity contribution in [3.8, 4) is 0 Å². The molecule has 6 heteroatoms. The minimum atomic E-state index is -3.70. The lowest BCUT2D eigenvalue weighted by Crippen LogP contribution is -2.41. The summed E-state index contributed by atoms with van der Waals surface area (Å²) in [7, 11) is -3.70. The minimum absolute atomic E-state index is 0.152. The number of rotatable bonds is 5. The SMILES string of the molecule is Cc1ccc(CN2CCC(NS(=O)(=O)c3ccc4c(c3)CCC4)C2=O)cc1. The monoisotopic (exact) mass is 384 g/mol. The standard InChI is InChI=1S/C21H24N2O3S/c1-15-5-7-16(8-6-15)14-23-12-11-20(21(23)24)22-27(25,26)19-10-9-17-3-2-4-18(17)13-19/h5-10,13,20,22H,2-4,11-12,14H2,1H3. The van der Waals surface area contributed by atoms with Gasteiger partial charge in [-0.25, -0.2) is 8.42 Å². The second-order valence-corrected chi connectivity index (χ2v) is 9.21. The Hall–Kier alpha value is -2.18. The van der Waals surface area contributed by atoms with Gasteiger partial charge in [-0.3, -0.25) is 4.79 Å². The molecule has 1 atom stereocenters. The van der Waals surface area contributed by atoms with Gasteiger partial charge in [-0.05, 0) is 61.4 Å². The van der Waals surface area contributed by atoms with Crippen LogP contribution in [0.25, 0.3) is 0 Å². The van der Waals surface area contributed by atoms with Gasteiger partial charge in [-0.15, -0.1) is 0 Å². The van der Waals surface area contributed by atoms with Gasteiger partial charge >= 0.3 is 0 Å². The number of hydrogen-bond acceptors (Lipinski definition) is 3. The van der Waals surface area contributed by atoms with Gasteiger partial charge < -0.3 is 4.90 Å². The van der Waals surface area contributed by atoms with Gasteiger partial charge in [0.25, 0.3) is 0 Å². The highest BCUT2D eigenvalue weighted by Crippen LogP contribution is 2.25. The molecular formula is C21H24N2O3S. The zero-order chi connectivity index (χ0) is 19.0. The van der Waals surface area contributed by atoms with Crippen LogP contribution in [0, 0.1) is 6.92 Å². The molecule has 1 aliphatic carbocycles. The van der Waals surface area contributed by atoms with E-state index in [1.807, 2.05) is 37.3 Å². The zero-order valence-corrected chi connectivity index (χ0v) is 16.3. The molecule has 1 fully saturated rings. The highest BCUT2D eigenvalue weighted by molar-refractivity contribution is 7.89. The summed E-state index contributed by atoms with van der Waals surface area (Å²) in [5.74, 6) is -0.152. The van der Waals surface area contributed by atoms with Crippen LogP contribution < -0.4 is 4.72 Å². The van der Waals surface area contributed by atoms with Gasteiger partial charge in [0.2, 0.25) is 15.9 Å². The predicted octanol–water partition coefficient (Wildman–Crippen LogP) is 2.56. The number of amides is 1. The molecule has 0 saturated carbocycles. The van der Waals surface area contributed by atoms with Crippen LogP contribution in [0.1, 0.15) is 35.1 Å². The van der Waals surface area contributed by atoms with E-state index in [9.17, 15) is 13.2 Å². The molecule has 2 aliphatic rings. The van der Waals surface area contributed by atoms with Crippen molar-refractivity contribution in [3.63, 3.8) is 0 Å². The van der Waals surface area contributed by atoms with E-state index in [4.69, 9.17) is 0 Å². The molecule has 1 saturated heterocycles. The van der Waals surface area contributed by atoms with Crippen LogP contribution in [0.4, 0.5) is 0 Å². The molecule has 0 bridgehead atoms. The summed E-state index contributed by atoms with van der Waals surface area (Å²) in [6.45, 7) is 3.09. The maximum absolute atomic E-state index is 12.8. The third kappa shape index (κ3) is 3.77. The van der Waals surface area contributed by atoms with Crippen molar-refractivity contribution in [2.45, 2.75) is 50.1 Å². The van der Waals surface area contributed by atoms with Gasteiger partial charge in [0, 0.05) is 13.1 Å². The minimum Gasteiger partial charge on any atom is -0.337 e. The van der Waals surface area contributed by atoms with Crippen molar-refractivity contribution in [2.24, 2.45) is 0 Å². The maximum Gasteiger partial charge on any atom is 0.241 e. The van der Waals surface area contributed by atoms with Crippen LogP contribution in [0.3, 0.4) is 0 Å². The quantitative estimate of drug-likeness (QED) is 0.862. The second kappa shape index (κ2) is 7.09. The Morgan fingerprint density at radius 2 is 1.81 bits per heavy atom. The lowest BCUT2D eigenvalue weighted by atomic mass is 10.1. The summed E-state index contributed by atoms with van der Waals surface area (Å²) in [4.78, 5) is 14.7. The summed E-state index contributed by atoms with van der Waals surface area (Å²) < 4.78 is 28.1. The Kier molecular flexibility index (Phi) is 4.78. The van der Waals surface area contributed by atoms with Crippen LogP contribution in [0.2, 0.25) is 0 Å². The molecule has 1 heterocycles. The van der Waals surface area contributed by atoms with Crippen molar-refractivity contribution in [2.75, 3.05) is 6.54 Å². The van der Waals surface area contributed by atoms with Gasteiger partial charge in [0.15, 0.2) is 0 Å². The first-order valence-electron chi connectivity index (χ1n) is 9.41. The first-order chi connectivity index (χ1) is 12.9. The molecule has 0 spiro atoms. The molecule has 1 N–H and O–H groups in total. The maximum atomic E-state index is 12.8. The van der Waals surface area contributed by atoms with Crippen molar-refractivity contribution in [1.82, 2.24) is 9.62 Å². The fourth-order valence-electron chi connectivity index (χ4n) is 3.89. The van der Waals surface area contributed by atoms with Crippen molar-refractivity contribution < 1.29 is 13.2 Å². The molecule has 1 unspecified atom stereocenters. The van der Waals surface area contributed by atoms with Crippen LogP contribution in [-0.4, -0.2) is 31.8 Å². The second-order valence-electron chi connectivity index (χ2n) is 7.49. The third-order valence-corrected chi connectivity index (χ3v) is 6.94. The van der Waals surface area contributed by atoms with E-state index in [0.29, 0.717) is 19.5 Å². The Bertz CT molecular complexity index is 967. The number of fused-ring (bicyclic) bond motifs is 1. The molecular weight excluding hydrogens is 360 g/mol. The van der Waals surface area contributed by atoms with E-state index in [2.05, 4.69) is 4.72 Å². The molecule has 1 aliphatic heterocycles.